The summed E-state index contributed by atoms with van der Waals surface area (Å²) in [6.45, 7) is 9.07. The summed E-state index contributed by atoms with van der Waals surface area (Å²) in [5.41, 5.74) is 2.13. The lowest BCUT2D eigenvalue weighted by molar-refractivity contribution is 0.239. The van der Waals surface area contributed by atoms with Gasteiger partial charge in [-0.25, -0.2) is 8.42 Å². The fourth-order valence-electron chi connectivity index (χ4n) is 2.58. The molecule has 2 rings (SSSR count). The van der Waals surface area contributed by atoms with Crippen LogP contribution >= 0.6 is 0 Å². The minimum absolute atomic E-state index is 0.0792. The summed E-state index contributed by atoms with van der Waals surface area (Å²) in [5, 5.41) is 3.39. The van der Waals surface area contributed by atoms with Crippen LogP contribution in [-0.4, -0.2) is 31.9 Å². The SMILES string of the molecule is CC(C)Oc1ccccc1CNCc1ccc(S(=O)(=O)N(C)C(C)C)cc1. The molecule has 2 aromatic rings. The van der Waals surface area contributed by atoms with E-state index in [1.54, 1.807) is 19.2 Å². The Morgan fingerprint density at radius 2 is 1.59 bits per heavy atom. The highest BCUT2D eigenvalue weighted by atomic mass is 32.2. The Kier molecular flexibility index (Phi) is 7.41. The van der Waals surface area contributed by atoms with Crippen LogP contribution in [0.15, 0.2) is 53.4 Å². The van der Waals surface area contributed by atoms with E-state index in [1.807, 2.05) is 64.1 Å². The highest BCUT2D eigenvalue weighted by molar-refractivity contribution is 7.89. The summed E-state index contributed by atoms with van der Waals surface area (Å²) in [4.78, 5) is 0.318. The molecule has 5 nitrogen and oxygen atoms in total. The quantitative estimate of drug-likeness (QED) is 0.708. The van der Waals surface area contributed by atoms with Gasteiger partial charge in [-0.3, -0.25) is 0 Å². The minimum Gasteiger partial charge on any atom is -0.491 e. The molecular weight excluding hydrogens is 360 g/mol. The fraction of sp³-hybridized carbons (Fsp3) is 0.429. The molecule has 0 aliphatic rings. The van der Waals surface area contributed by atoms with Crippen LogP contribution in [0.2, 0.25) is 0 Å². The van der Waals surface area contributed by atoms with E-state index in [9.17, 15) is 8.42 Å². The number of ether oxygens (including phenoxy) is 1. The van der Waals surface area contributed by atoms with E-state index in [1.165, 1.54) is 4.31 Å². The number of nitrogens with zero attached hydrogens (tertiary/aromatic N) is 1. The van der Waals surface area contributed by atoms with Crippen molar-refractivity contribution in [3.63, 3.8) is 0 Å². The molecule has 0 saturated heterocycles. The second kappa shape index (κ2) is 9.35. The maximum atomic E-state index is 12.5. The molecular formula is C21H30N2O3S. The molecule has 0 spiro atoms. The molecule has 148 valence electrons. The van der Waals surface area contributed by atoms with Gasteiger partial charge in [0.25, 0.3) is 0 Å². The largest absolute Gasteiger partial charge is 0.491 e. The molecule has 1 N–H and O–H groups in total. The van der Waals surface area contributed by atoms with Crippen molar-refractivity contribution < 1.29 is 13.2 Å². The first kappa shape index (κ1) is 21.4. The third kappa shape index (κ3) is 5.79. The van der Waals surface area contributed by atoms with Gasteiger partial charge in [0.05, 0.1) is 11.0 Å². The second-order valence-corrected chi connectivity index (χ2v) is 9.13. The Bertz CT molecular complexity index is 831. The summed E-state index contributed by atoms with van der Waals surface area (Å²) >= 11 is 0. The molecule has 0 atom stereocenters. The van der Waals surface area contributed by atoms with Crippen LogP contribution < -0.4 is 10.1 Å². The lowest BCUT2D eigenvalue weighted by Crippen LogP contribution is -2.33. The molecule has 0 unspecified atom stereocenters. The van der Waals surface area contributed by atoms with Crippen LogP contribution in [-0.2, 0) is 23.1 Å². The first-order valence-corrected chi connectivity index (χ1v) is 10.7. The van der Waals surface area contributed by atoms with E-state index in [0.29, 0.717) is 18.0 Å². The van der Waals surface area contributed by atoms with Crippen molar-refractivity contribution in [2.75, 3.05) is 7.05 Å². The Balaban J connectivity index is 1.99. The highest BCUT2D eigenvalue weighted by Crippen LogP contribution is 2.20. The minimum atomic E-state index is -3.44. The van der Waals surface area contributed by atoms with Crippen LogP contribution in [0, 0.1) is 0 Å². The number of benzene rings is 2. The lowest BCUT2D eigenvalue weighted by Gasteiger charge is -2.21. The van der Waals surface area contributed by atoms with Crippen molar-refractivity contribution in [1.29, 1.82) is 0 Å². The number of hydrogen-bond acceptors (Lipinski definition) is 4. The normalized spacial score (nSPS) is 12.1. The Hall–Kier alpha value is -1.89. The summed E-state index contributed by atoms with van der Waals surface area (Å²) in [6.07, 6.45) is 0.129. The van der Waals surface area contributed by atoms with E-state index in [2.05, 4.69) is 5.32 Å². The summed E-state index contributed by atoms with van der Waals surface area (Å²) in [6, 6.07) is 14.9. The average molecular weight is 391 g/mol. The fourth-order valence-corrected chi connectivity index (χ4v) is 3.95. The molecule has 0 fully saturated rings. The monoisotopic (exact) mass is 390 g/mol. The zero-order valence-electron chi connectivity index (χ0n) is 16.8. The number of rotatable bonds is 9. The van der Waals surface area contributed by atoms with Crippen molar-refractivity contribution in [3.8, 4) is 5.75 Å². The van der Waals surface area contributed by atoms with Gasteiger partial charge in [-0.2, -0.15) is 4.31 Å². The molecule has 6 heteroatoms. The Labute approximate surface area is 163 Å². The van der Waals surface area contributed by atoms with Crippen LogP contribution in [0.5, 0.6) is 5.75 Å². The summed E-state index contributed by atoms with van der Waals surface area (Å²) < 4.78 is 32.2. The standard InChI is InChI=1S/C21H30N2O3S/c1-16(2)23(5)27(24,25)20-12-10-18(11-13-20)14-22-15-19-8-6-7-9-21(19)26-17(3)4/h6-13,16-17,22H,14-15H2,1-5H3. The van der Waals surface area contributed by atoms with Gasteiger partial charge in [-0.1, -0.05) is 30.3 Å². The van der Waals surface area contributed by atoms with Gasteiger partial charge in [0.1, 0.15) is 5.75 Å². The Morgan fingerprint density at radius 3 is 2.19 bits per heavy atom. The first-order valence-electron chi connectivity index (χ1n) is 9.24. The van der Waals surface area contributed by atoms with Crippen molar-refractivity contribution >= 4 is 10.0 Å². The molecule has 0 saturated carbocycles. The van der Waals surface area contributed by atoms with Gasteiger partial charge >= 0.3 is 0 Å². The zero-order valence-corrected chi connectivity index (χ0v) is 17.6. The van der Waals surface area contributed by atoms with Gasteiger partial charge in [0.15, 0.2) is 0 Å². The topological polar surface area (TPSA) is 58.6 Å². The van der Waals surface area contributed by atoms with Crippen molar-refractivity contribution in [2.24, 2.45) is 0 Å². The van der Waals surface area contributed by atoms with E-state index in [4.69, 9.17) is 4.74 Å². The summed E-state index contributed by atoms with van der Waals surface area (Å²) in [7, 11) is -1.84. The zero-order chi connectivity index (χ0) is 20.0. The van der Waals surface area contributed by atoms with Crippen LogP contribution in [0.4, 0.5) is 0 Å². The third-order valence-corrected chi connectivity index (χ3v) is 6.36. The molecule has 0 bridgehead atoms. The van der Waals surface area contributed by atoms with Gasteiger partial charge < -0.3 is 10.1 Å². The van der Waals surface area contributed by atoms with E-state index in [0.717, 1.165) is 16.9 Å². The van der Waals surface area contributed by atoms with Gasteiger partial charge in [0, 0.05) is 31.7 Å². The molecule has 0 radical (unpaired) electrons. The van der Waals surface area contributed by atoms with E-state index in [-0.39, 0.29) is 12.1 Å². The van der Waals surface area contributed by atoms with Crippen molar-refractivity contribution in [3.05, 3.63) is 59.7 Å². The predicted octanol–water partition coefficient (Wildman–Crippen LogP) is 3.79. The molecule has 2 aromatic carbocycles. The van der Waals surface area contributed by atoms with Gasteiger partial charge in [-0.15, -0.1) is 0 Å². The number of nitrogens with one attached hydrogen (secondary N) is 1. The van der Waals surface area contributed by atoms with Crippen LogP contribution in [0.1, 0.15) is 38.8 Å². The number of sulfonamides is 1. The van der Waals surface area contributed by atoms with Gasteiger partial charge in [0.2, 0.25) is 10.0 Å². The molecule has 0 amide bonds. The lowest BCUT2D eigenvalue weighted by atomic mass is 10.2. The molecule has 0 heterocycles. The van der Waals surface area contributed by atoms with Crippen LogP contribution in [0.3, 0.4) is 0 Å². The molecule has 0 aromatic heterocycles. The molecule has 27 heavy (non-hydrogen) atoms. The van der Waals surface area contributed by atoms with Crippen molar-refractivity contribution in [1.82, 2.24) is 9.62 Å². The number of hydrogen-bond donors (Lipinski definition) is 1. The maximum absolute atomic E-state index is 12.5. The van der Waals surface area contributed by atoms with Crippen molar-refractivity contribution in [2.45, 2.75) is 57.8 Å². The third-order valence-electron chi connectivity index (χ3n) is 4.31. The number of para-hydroxylation sites is 1. The maximum Gasteiger partial charge on any atom is 0.243 e. The smallest absolute Gasteiger partial charge is 0.243 e. The molecule has 0 aliphatic carbocycles. The van der Waals surface area contributed by atoms with Gasteiger partial charge in [-0.05, 0) is 51.5 Å². The van der Waals surface area contributed by atoms with Crippen LogP contribution in [0.25, 0.3) is 0 Å². The molecule has 0 aliphatic heterocycles. The van der Waals surface area contributed by atoms with E-state index < -0.39 is 10.0 Å². The Morgan fingerprint density at radius 1 is 0.963 bits per heavy atom. The summed E-state index contributed by atoms with van der Waals surface area (Å²) in [5.74, 6) is 0.887. The predicted molar refractivity (Wildman–Crippen MR) is 109 cm³/mol. The first-order chi connectivity index (χ1) is 12.7. The van der Waals surface area contributed by atoms with E-state index >= 15 is 0 Å². The second-order valence-electron chi connectivity index (χ2n) is 7.14. The highest BCUT2D eigenvalue weighted by Gasteiger charge is 2.22. The average Bonchev–Trinajstić information content (AvgIpc) is 2.62.